The maximum atomic E-state index is 11.1. The molecule has 1 unspecified atom stereocenters. The third kappa shape index (κ3) is 5.37. The van der Waals surface area contributed by atoms with Crippen molar-refractivity contribution in [2.75, 3.05) is 6.61 Å². The topological polar surface area (TPSA) is 49.3 Å². The van der Waals surface area contributed by atoms with Gasteiger partial charge in [-0.25, -0.2) is 0 Å². The van der Waals surface area contributed by atoms with Crippen LogP contribution in [0.3, 0.4) is 0 Å². The van der Waals surface area contributed by atoms with Crippen LogP contribution in [0.15, 0.2) is 12.7 Å². The van der Waals surface area contributed by atoms with E-state index in [1.54, 1.807) is 6.08 Å². The first-order chi connectivity index (χ1) is 5.91. The fourth-order valence-electron chi connectivity index (χ4n) is 0.648. The van der Waals surface area contributed by atoms with E-state index in [0.717, 1.165) is 0 Å². The molecular formula is C7H10Cl3NO2. The minimum atomic E-state index is -1.99. The number of amides is 1. The van der Waals surface area contributed by atoms with E-state index in [4.69, 9.17) is 39.9 Å². The number of nitrogens with one attached hydrogen (secondary N) is 1. The maximum absolute atomic E-state index is 11.1. The molecule has 2 N–H and O–H groups in total. The molecule has 0 radical (unpaired) electrons. The molecule has 0 aromatic rings. The standard InChI is InChI=1S/C7H10Cl3NO2/c1-2-3-5(4-12)11-6(13)7(8,9)10/h2,5,12H,1,3-4H2,(H,11,13). The molecule has 0 aromatic carbocycles. The molecular weight excluding hydrogens is 236 g/mol. The number of carbonyl (C=O) groups excluding carboxylic acids is 1. The normalized spacial score (nSPS) is 13.5. The Morgan fingerprint density at radius 1 is 1.62 bits per heavy atom. The highest BCUT2D eigenvalue weighted by molar-refractivity contribution is 6.76. The Bertz CT molecular complexity index is 191. The zero-order valence-electron chi connectivity index (χ0n) is 6.77. The zero-order chi connectivity index (χ0) is 10.5. The van der Waals surface area contributed by atoms with Crippen LogP contribution in [0.2, 0.25) is 0 Å². The Kier molecular flexibility index (Phi) is 5.72. The summed E-state index contributed by atoms with van der Waals surface area (Å²) in [6.07, 6.45) is 1.97. The summed E-state index contributed by atoms with van der Waals surface area (Å²) >= 11 is 15.9. The molecule has 0 fully saturated rings. The van der Waals surface area contributed by atoms with Crippen molar-refractivity contribution in [1.82, 2.24) is 5.32 Å². The largest absolute Gasteiger partial charge is 0.394 e. The van der Waals surface area contributed by atoms with E-state index in [9.17, 15) is 4.79 Å². The van der Waals surface area contributed by atoms with Gasteiger partial charge in [0.2, 0.25) is 0 Å². The molecule has 1 atom stereocenters. The van der Waals surface area contributed by atoms with Gasteiger partial charge in [0, 0.05) is 0 Å². The van der Waals surface area contributed by atoms with E-state index in [-0.39, 0.29) is 6.61 Å². The van der Waals surface area contributed by atoms with Crippen molar-refractivity contribution in [3.63, 3.8) is 0 Å². The molecule has 6 heteroatoms. The lowest BCUT2D eigenvalue weighted by atomic mass is 10.2. The van der Waals surface area contributed by atoms with E-state index in [1.807, 2.05) is 0 Å². The SMILES string of the molecule is C=CCC(CO)NC(=O)C(Cl)(Cl)Cl. The van der Waals surface area contributed by atoms with Crippen molar-refractivity contribution in [2.45, 2.75) is 16.3 Å². The highest BCUT2D eigenvalue weighted by Gasteiger charge is 2.31. The first-order valence-electron chi connectivity index (χ1n) is 3.51. The number of aliphatic hydroxyl groups excluding tert-OH is 1. The molecule has 0 aliphatic heterocycles. The lowest BCUT2D eigenvalue weighted by Gasteiger charge is -2.17. The lowest BCUT2D eigenvalue weighted by molar-refractivity contribution is -0.121. The van der Waals surface area contributed by atoms with Crippen LogP contribution in [-0.4, -0.2) is 27.5 Å². The van der Waals surface area contributed by atoms with Gasteiger partial charge in [0.25, 0.3) is 9.70 Å². The van der Waals surface area contributed by atoms with Crippen molar-refractivity contribution in [3.8, 4) is 0 Å². The molecule has 0 aliphatic rings. The first kappa shape index (κ1) is 13.0. The average molecular weight is 247 g/mol. The van der Waals surface area contributed by atoms with Gasteiger partial charge in [-0.1, -0.05) is 40.9 Å². The van der Waals surface area contributed by atoms with Crippen molar-refractivity contribution in [2.24, 2.45) is 0 Å². The monoisotopic (exact) mass is 245 g/mol. The van der Waals surface area contributed by atoms with Crippen LogP contribution in [0.1, 0.15) is 6.42 Å². The van der Waals surface area contributed by atoms with Crippen LogP contribution < -0.4 is 5.32 Å². The number of aliphatic hydroxyl groups is 1. The third-order valence-corrected chi connectivity index (χ3v) is 1.78. The van der Waals surface area contributed by atoms with E-state index >= 15 is 0 Å². The van der Waals surface area contributed by atoms with Gasteiger partial charge in [0.05, 0.1) is 12.6 Å². The van der Waals surface area contributed by atoms with Gasteiger partial charge in [0.1, 0.15) is 0 Å². The fraction of sp³-hybridized carbons (Fsp3) is 0.571. The number of halogens is 3. The van der Waals surface area contributed by atoms with Gasteiger partial charge in [-0.3, -0.25) is 4.79 Å². The Balaban J connectivity index is 4.08. The molecule has 0 rings (SSSR count). The van der Waals surface area contributed by atoms with Crippen LogP contribution in [0.4, 0.5) is 0 Å². The van der Waals surface area contributed by atoms with Gasteiger partial charge in [-0.05, 0) is 6.42 Å². The van der Waals surface area contributed by atoms with Crippen LogP contribution in [0, 0.1) is 0 Å². The predicted molar refractivity (Wildman–Crippen MR) is 54.1 cm³/mol. The van der Waals surface area contributed by atoms with Gasteiger partial charge in [-0.15, -0.1) is 6.58 Å². The molecule has 13 heavy (non-hydrogen) atoms. The minimum absolute atomic E-state index is 0.224. The van der Waals surface area contributed by atoms with Crippen LogP contribution >= 0.6 is 34.8 Å². The summed E-state index contributed by atoms with van der Waals surface area (Å²) < 4.78 is -1.99. The number of carbonyl (C=O) groups is 1. The van der Waals surface area contributed by atoms with Gasteiger partial charge in [-0.2, -0.15) is 0 Å². The Morgan fingerprint density at radius 3 is 2.46 bits per heavy atom. The van der Waals surface area contributed by atoms with Crippen LogP contribution in [0.5, 0.6) is 0 Å². The summed E-state index contributed by atoms with van der Waals surface area (Å²) in [5.74, 6) is -0.751. The summed E-state index contributed by atoms with van der Waals surface area (Å²) in [6.45, 7) is 3.23. The molecule has 3 nitrogen and oxygen atoms in total. The quantitative estimate of drug-likeness (QED) is 0.582. The Labute approximate surface area is 91.7 Å². The Morgan fingerprint density at radius 2 is 2.15 bits per heavy atom. The number of hydrogen-bond donors (Lipinski definition) is 2. The summed E-state index contributed by atoms with van der Waals surface area (Å²) in [7, 11) is 0. The first-order valence-corrected chi connectivity index (χ1v) is 4.64. The lowest BCUT2D eigenvalue weighted by Crippen LogP contribution is -2.43. The third-order valence-electron chi connectivity index (χ3n) is 1.26. The smallest absolute Gasteiger partial charge is 0.272 e. The highest BCUT2D eigenvalue weighted by atomic mass is 35.6. The molecule has 0 saturated heterocycles. The molecule has 0 bridgehead atoms. The van der Waals surface area contributed by atoms with Gasteiger partial charge in [0.15, 0.2) is 0 Å². The van der Waals surface area contributed by atoms with Crippen molar-refractivity contribution >= 4 is 40.7 Å². The minimum Gasteiger partial charge on any atom is -0.394 e. The van der Waals surface area contributed by atoms with E-state index in [2.05, 4.69) is 11.9 Å². The van der Waals surface area contributed by atoms with Crippen molar-refractivity contribution in [3.05, 3.63) is 12.7 Å². The highest BCUT2D eigenvalue weighted by Crippen LogP contribution is 2.26. The molecule has 0 heterocycles. The van der Waals surface area contributed by atoms with Crippen LogP contribution in [-0.2, 0) is 4.79 Å². The number of alkyl halides is 3. The number of hydrogen-bond acceptors (Lipinski definition) is 2. The summed E-state index contributed by atoms with van der Waals surface area (Å²) in [6, 6.07) is -0.458. The predicted octanol–water partition coefficient (Wildman–Crippen LogP) is 1.41. The second-order valence-electron chi connectivity index (χ2n) is 2.38. The fourth-order valence-corrected chi connectivity index (χ4v) is 0.811. The van der Waals surface area contributed by atoms with E-state index < -0.39 is 15.7 Å². The van der Waals surface area contributed by atoms with E-state index in [1.165, 1.54) is 0 Å². The van der Waals surface area contributed by atoms with E-state index in [0.29, 0.717) is 6.42 Å². The maximum Gasteiger partial charge on any atom is 0.272 e. The molecule has 0 aliphatic carbocycles. The zero-order valence-corrected chi connectivity index (χ0v) is 9.03. The summed E-state index contributed by atoms with van der Waals surface area (Å²) in [5, 5.41) is 11.1. The molecule has 0 aromatic heterocycles. The number of rotatable bonds is 4. The second-order valence-corrected chi connectivity index (χ2v) is 4.66. The Hall–Kier alpha value is 0.0400. The molecule has 76 valence electrons. The molecule has 1 amide bonds. The summed E-state index contributed by atoms with van der Waals surface area (Å²) in [4.78, 5) is 11.1. The van der Waals surface area contributed by atoms with Crippen molar-refractivity contribution in [1.29, 1.82) is 0 Å². The van der Waals surface area contributed by atoms with Gasteiger partial charge >= 0.3 is 0 Å². The van der Waals surface area contributed by atoms with Crippen LogP contribution in [0.25, 0.3) is 0 Å². The second kappa shape index (κ2) is 5.70. The van der Waals surface area contributed by atoms with Crippen molar-refractivity contribution < 1.29 is 9.90 Å². The van der Waals surface area contributed by atoms with Gasteiger partial charge < -0.3 is 10.4 Å². The summed E-state index contributed by atoms with van der Waals surface area (Å²) in [5.41, 5.74) is 0. The molecule has 0 spiro atoms. The molecule has 0 saturated carbocycles. The average Bonchev–Trinajstić information content (AvgIpc) is 2.01.